The quantitative estimate of drug-likeness (QED) is 0.262. The monoisotopic (exact) mass is 515 g/mol. The largest absolute Gasteiger partial charge is 0.494 e. The third kappa shape index (κ3) is 6.55. The van der Waals surface area contributed by atoms with E-state index >= 15 is 0 Å². The summed E-state index contributed by atoms with van der Waals surface area (Å²) >= 11 is 6.29. The minimum absolute atomic E-state index is 0.244. The van der Waals surface area contributed by atoms with Crippen molar-refractivity contribution >= 4 is 50.5 Å². The number of halogens is 1. The van der Waals surface area contributed by atoms with Crippen molar-refractivity contribution in [1.82, 2.24) is 9.97 Å². The summed E-state index contributed by atoms with van der Waals surface area (Å²) in [6, 6.07) is 15.7. The molecule has 0 saturated heterocycles. The summed E-state index contributed by atoms with van der Waals surface area (Å²) in [5, 5.41) is 6.39. The number of methoxy groups -OCH3 is 1. The highest BCUT2D eigenvalue weighted by atomic mass is 35.5. The van der Waals surface area contributed by atoms with Crippen molar-refractivity contribution in [1.29, 1.82) is 0 Å². The van der Waals surface area contributed by atoms with Crippen molar-refractivity contribution in [2.45, 2.75) is 6.61 Å². The summed E-state index contributed by atoms with van der Waals surface area (Å²) < 4.78 is 42.3. The van der Waals surface area contributed by atoms with E-state index in [4.69, 9.17) is 25.5 Å². The number of rotatable bonds is 10. The molecule has 35 heavy (non-hydrogen) atoms. The fourth-order valence-electron chi connectivity index (χ4n) is 3.06. The van der Waals surface area contributed by atoms with Gasteiger partial charge in [-0.05, 0) is 36.4 Å². The van der Waals surface area contributed by atoms with Gasteiger partial charge in [0, 0.05) is 6.07 Å². The van der Waals surface area contributed by atoms with E-state index in [0.29, 0.717) is 34.3 Å². The van der Waals surface area contributed by atoms with E-state index in [1.807, 2.05) is 6.07 Å². The maximum atomic E-state index is 11.7. The lowest BCUT2D eigenvalue weighted by molar-refractivity contribution is 0.269. The number of anilines is 5. The summed E-state index contributed by atoms with van der Waals surface area (Å²) in [5.41, 5.74) is 1.43. The number of hydrogen-bond donors (Lipinski definition) is 3. The van der Waals surface area contributed by atoms with Crippen LogP contribution in [0.15, 0.2) is 71.5 Å². The summed E-state index contributed by atoms with van der Waals surface area (Å²) in [6.07, 6.45) is 4.09. The Balaban J connectivity index is 1.52. The molecule has 0 aliphatic heterocycles. The lowest BCUT2D eigenvalue weighted by Gasteiger charge is -2.15. The first-order chi connectivity index (χ1) is 16.8. The third-order valence-electron chi connectivity index (χ3n) is 4.60. The van der Waals surface area contributed by atoms with Crippen molar-refractivity contribution in [2.24, 2.45) is 0 Å². The zero-order valence-corrected chi connectivity index (χ0v) is 20.4. The van der Waals surface area contributed by atoms with Crippen molar-refractivity contribution in [3.8, 4) is 11.5 Å². The van der Waals surface area contributed by atoms with Crippen LogP contribution in [0.25, 0.3) is 0 Å². The Morgan fingerprint density at radius 3 is 2.54 bits per heavy atom. The van der Waals surface area contributed by atoms with Gasteiger partial charge in [-0.25, -0.2) is 13.4 Å². The SMILES string of the molecule is COc1cc(OCc2ccco2)ccc1Nc1ncc(Cl)c(Nc2ccccc2NS(C)(=O)=O)n1. The number of nitrogens with zero attached hydrogens (tertiary/aromatic N) is 2. The van der Waals surface area contributed by atoms with Gasteiger partial charge in [-0.1, -0.05) is 23.7 Å². The Bertz CT molecular complexity index is 1410. The highest BCUT2D eigenvalue weighted by Gasteiger charge is 2.13. The van der Waals surface area contributed by atoms with Crippen LogP contribution in [0.3, 0.4) is 0 Å². The fraction of sp³-hybridized carbons (Fsp3) is 0.130. The average Bonchev–Trinajstić information content (AvgIpc) is 3.34. The number of para-hydroxylation sites is 2. The first kappa shape index (κ1) is 24.2. The molecule has 3 N–H and O–H groups in total. The zero-order valence-electron chi connectivity index (χ0n) is 18.8. The molecule has 2 heterocycles. The van der Waals surface area contributed by atoms with Gasteiger partial charge in [-0.3, -0.25) is 4.72 Å². The minimum Gasteiger partial charge on any atom is -0.494 e. The molecule has 0 aliphatic carbocycles. The van der Waals surface area contributed by atoms with Crippen LogP contribution in [0.1, 0.15) is 5.76 Å². The topological polar surface area (TPSA) is 128 Å². The Morgan fingerprint density at radius 2 is 1.83 bits per heavy atom. The van der Waals surface area contributed by atoms with Gasteiger partial charge in [0.05, 0.1) is 42.9 Å². The standard InChI is InChI=1S/C23H22ClN5O5S/c1-32-21-12-15(34-14-16-6-5-11-33-16)9-10-20(21)27-23-25-13-17(24)22(28-23)26-18-7-3-4-8-19(18)29-35(2,30)31/h3-13,29H,14H2,1-2H3,(H2,25,26,27,28). The van der Waals surface area contributed by atoms with Gasteiger partial charge in [0.2, 0.25) is 16.0 Å². The highest BCUT2D eigenvalue weighted by Crippen LogP contribution is 2.33. The van der Waals surface area contributed by atoms with Crippen LogP contribution in [0, 0.1) is 0 Å². The Morgan fingerprint density at radius 1 is 1.03 bits per heavy atom. The molecule has 0 bridgehead atoms. The first-order valence-corrected chi connectivity index (χ1v) is 12.5. The molecule has 2 aromatic carbocycles. The second-order valence-corrected chi connectivity index (χ2v) is 9.45. The van der Waals surface area contributed by atoms with Crippen LogP contribution < -0.4 is 24.8 Å². The highest BCUT2D eigenvalue weighted by molar-refractivity contribution is 7.92. The molecule has 12 heteroatoms. The Kier molecular flexibility index (Phi) is 7.28. The molecule has 0 aliphatic rings. The molecule has 2 aromatic heterocycles. The second-order valence-electron chi connectivity index (χ2n) is 7.29. The van der Waals surface area contributed by atoms with Crippen molar-refractivity contribution in [2.75, 3.05) is 28.7 Å². The maximum absolute atomic E-state index is 11.7. The van der Waals surface area contributed by atoms with Crippen LogP contribution >= 0.6 is 11.6 Å². The van der Waals surface area contributed by atoms with Gasteiger partial charge in [-0.2, -0.15) is 4.98 Å². The number of furan rings is 1. The van der Waals surface area contributed by atoms with E-state index in [2.05, 4.69) is 25.3 Å². The molecule has 0 radical (unpaired) electrons. The van der Waals surface area contributed by atoms with Gasteiger partial charge in [-0.15, -0.1) is 0 Å². The van der Waals surface area contributed by atoms with Gasteiger partial charge in [0.1, 0.15) is 28.9 Å². The lowest BCUT2D eigenvalue weighted by atomic mass is 10.2. The van der Waals surface area contributed by atoms with Gasteiger partial charge >= 0.3 is 0 Å². The molecule has 0 amide bonds. The van der Waals surface area contributed by atoms with E-state index in [1.54, 1.807) is 54.8 Å². The molecular formula is C23H22ClN5O5S. The van der Waals surface area contributed by atoms with Gasteiger partial charge in [0.15, 0.2) is 5.82 Å². The number of ether oxygens (including phenoxy) is 2. The Hall–Kier alpha value is -3.96. The number of hydrogen-bond acceptors (Lipinski definition) is 9. The predicted molar refractivity (Wildman–Crippen MR) is 135 cm³/mol. The zero-order chi connectivity index (χ0) is 24.8. The van der Waals surface area contributed by atoms with E-state index in [1.165, 1.54) is 13.3 Å². The molecular weight excluding hydrogens is 494 g/mol. The number of benzene rings is 2. The van der Waals surface area contributed by atoms with Crippen LogP contribution in [-0.2, 0) is 16.6 Å². The molecule has 0 saturated carbocycles. The van der Waals surface area contributed by atoms with Gasteiger partial charge in [0.25, 0.3) is 0 Å². The second kappa shape index (κ2) is 10.5. The lowest BCUT2D eigenvalue weighted by Crippen LogP contribution is -2.11. The van der Waals surface area contributed by atoms with E-state index < -0.39 is 10.0 Å². The molecule has 4 rings (SSSR count). The van der Waals surface area contributed by atoms with Crippen LogP contribution in [-0.4, -0.2) is 31.8 Å². The average molecular weight is 516 g/mol. The van der Waals surface area contributed by atoms with Crippen LogP contribution in [0.2, 0.25) is 5.02 Å². The summed E-state index contributed by atoms with van der Waals surface area (Å²) in [4.78, 5) is 8.65. The predicted octanol–water partition coefficient (Wildman–Crippen LogP) is 5.17. The first-order valence-electron chi connectivity index (χ1n) is 10.3. The molecule has 0 spiro atoms. The molecule has 0 fully saturated rings. The molecule has 0 unspecified atom stereocenters. The van der Waals surface area contributed by atoms with E-state index in [0.717, 1.165) is 6.26 Å². The third-order valence-corrected chi connectivity index (χ3v) is 5.47. The van der Waals surface area contributed by atoms with Crippen LogP contribution in [0.4, 0.5) is 28.8 Å². The summed E-state index contributed by atoms with van der Waals surface area (Å²) in [7, 11) is -1.94. The molecule has 10 nitrogen and oxygen atoms in total. The maximum Gasteiger partial charge on any atom is 0.229 e. The Labute approximate surface area is 207 Å². The number of aromatic nitrogens is 2. The molecule has 182 valence electrons. The smallest absolute Gasteiger partial charge is 0.229 e. The molecule has 0 atom stereocenters. The minimum atomic E-state index is -3.48. The number of sulfonamides is 1. The van der Waals surface area contributed by atoms with Gasteiger partial charge < -0.3 is 24.5 Å². The van der Waals surface area contributed by atoms with E-state index in [9.17, 15) is 8.42 Å². The summed E-state index contributed by atoms with van der Waals surface area (Å²) in [6.45, 7) is 0.286. The number of nitrogens with one attached hydrogen (secondary N) is 3. The normalized spacial score (nSPS) is 11.1. The summed E-state index contributed by atoms with van der Waals surface area (Å²) in [5.74, 6) is 2.34. The fourth-order valence-corrected chi connectivity index (χ4v) is 3.77. The van der Waals surface area contributed by atoms with Crippen LogP contribution in [0.5, 0.6) is 11.5 Å². The van der Waals surface area contributed by atoms with Crippen molar-refractivity contribution in [3.05, 3.63) is 77.8 Å². The van der Waals surface area contributed by atoms with E-state index in [-0.39, 0.29) is 23.4 Å². The van der Waals surface area contributed by atoms with Crippen molar-refractivity contribution < 1.29 is 22.3 Å². The van der Waals surface area contributed by atoms with Crippen molar-refractivity contribution in [3.63, 3.8) is 0 Å². The molecule has 4 aromatic rings.